The number of nitrogens with zero attached hydrogens (tertiary/aromatic N) is 1. The number of anilines is 1. The highest BCUT2D eigenvalue weighted by molar-refractivity contribution is 5.96. The molecule has 0 spiro atoms. The molecule has 1 unspecified atom stereocenters. The third-order valence-corrected chi connectivity index (χ3v) is 6.20. The molecule has 5 heteroatoms. The summed E-state index contributed by atoms with van der Waals surface area (Å²) in [6.45, 7) is 3.94. The largest absolute Gasteiger partial charge is 0.352 e. The lowest BCUT2D eigenvalue weighted by Crippen LogP contribution is -2.31. The van der Waals surface area contributed by atoms with Crippen LogP contribution in [-0.2, 0) is 29.1 Å². The van der Waals surface area contributed by atoms with Crippen molar-refractivity contribution >= 4 is 17.5 Å². The molecule has 1 fully saturated rings. The summed E-state index contributed by atoms with van der Waals surface area (Å²) in [4.78, 5) is 27.1. The summed E-state index contributed by atoms with van der Waals surface area (Å²) in [6.07, 6.45) is 5.61. The second kappa shape index (κ2) is 9.90. The molecule has 2 aromatic carbocycles. The van der Waals surface area contributed by atoms with Gasteiger partial charge in [0.05, 0.1) is 0 Å². The molecule has 2 aromatic rings. The van der Waals surface area contributed by atoms with Crippen LogP contribution in [0, 0.1) is 5.92 Å². The van der Waals surface area contributed by atoms with Crippen LogP contribution in [0.4, 0.5) is 5.69 Å². The van der Waals surface area contributed by atoms with Gasteiger partial charge >= 0.3 is 0 Å². The number of benzene rings is 2. The van der Waals surface area contributed by atoms with Gasteiger partial charge in [0.15, 0.2) is 0 Å². The van der Waals surface area contributed by atoms with Crippen molar-refractivity contribution in [2.24, 2.45) is 5.92 Å². The Morgan fingerprint density at radius 3 is 2.53 bits per heavy atom. The molecule has 158 valence electrons. The number of carbonyl (C=O) groups is 2. The first-order valence-electron chi connectivity index (χ1n) is 11.1. The third kappa shape index (κ3) is 5.48. The van der Waals surface area contributed by atoms with Crippen LogP contribution in [0.2, 0.25) is 0 Å². The normalized spacial score (nSPS) is 19.1. The van der Waals surface area contributed by atoms with E-state index in [1.54, 1.807) is 0 Å². The maximum absolute atomic E-state index is 12.3. The van der Waals surface area contributed by atoms with Crippen LogP contribution < -0.4 is 10.6 Å². The minimum absolute atomic E-state index is 0.000878. The van der Waals surface area contributed by atoms with E-state index in [4.69, 9.17) is 0 Å². The van der Waals surface area contributed by atoms with Gasteiger partial charge in [0.2, 0.25) is 11.8 Å². The van der Waals surface area contributed by atoms with E-state index < -0.39 is 0 Å². The summed E-state index contributed by atoms with van der Waals surface area (Å²) < 4.78 is 0. The Morgan fingerprint density at radius 2 is 1.73 bits per heavy atom. The predicted molar refractivity (Wildman–Crippen MR) is 119 cm³/mol. The highest BCUT2D eigenvalue weighted by Gasteiger charge is 2.26. The highest BCUT2D eigenvalue weighted by atomic mass is 16.2. The lowest BCUT2D eigenvalue weighted by molar-refractivity contribution is -0.122. The van der Waals surface area contributed by atoms with Crippen molar-refractivity contribution < 1.29 is 9.59 Å². The Bertz CT molecular complexity index is 872. The SMILES string of the molecule is O=C(CCC1Cc2ccccc2NC1=O)NCc1ccc(CN2CCCCC2)cc1. The third-order valence-electron chi connectivity index (χ3n) is 6.20. The number of rotatable bonds is 7. The van der Waals surface area contributed by atoms with Crippen molar-refractivity contribution in [3.05, 3.63) is 65.2 Å². The fraction of sp³-hybridized carbons (Fsp3) is 0.440. The minimum Gasteiger partial charge on any atom is -0.352 e. The van der Waals surface area contributed by atoms with E-state index in [1.165, 1.54) is 37.9 Å². The molecule has 1 atom stereocenters. The molecule has 0 aromatic heterocycles. The van der Waals surface area contributed by atoms with Crippen LogP contribution in [0.1, 0.15) is 48.8 Å². The van der Waals surface area contributed by atoms with E-state index >= 15 is 0 Å². The van der Waals surface area contributed by atoms with E-state index in [0.29, 0.717) is 25.8 Å². The Labute approximate surface area is 178 Å². The van der Waals surface area contributed by atoms with Crippen LogP contribution in [0.15, 0.2) is 48.5 Å². The van der Waals surface area contributed by atoms with Crippen molar-refractivity contribution in [3.8, 4) is 0 Å². The van der Waals surface area contributed by atoms with Gasteiger partial charge in [-0.25, -0.2) is 0 Å². The number of nitrogens with one attached hydrogen (secondary N) is 2. The molecule has 1 saturated heterocycles. The topological polar surface area (TPSA) is 61.4 Å². The van der Waals surface area contributed by atoms with Gasteiger partial charge in [-0.1, -0.05) is 48.9 Å². The zero-order valence-corrected chi connectivity index (χ0v) is 17.5. The second-order valence-corrected chi connectivity index (χ2v) is 8.52. The minimum atomic E-state index is -0.139. The number of hydrogen-bond acceptors (Lipinski definition) is 3. The molecule has 30 heavy (non-hydrogen) atoms. The average molecular weight is 406 g/mol. The van der Waals surface area contributed by atoms with Crippen molar-refractivity contribution in [2.75, 3.05) is 18.4 Å². The molecule has 0 radical (unpaired) electrons. The van der Waals surface area contributed by atoms with Crippen LogP contribution in [-0.4, -0.2) is 29.8 Å². The van der Waals surface area contributed by atoms with Crippen molar-refractivity contribution in [1.29, 1.82) is 0 Å². The van der Waals surface area contributed by atoms with E-state index in [2.05, 4.69) is 39.8 Å². The first kappa shape index (κ1) is 20.6. The first-order chi connectivity index (χ1) is 14.7. The monoisotopic (exact) mass is 405 g/mol. The molecular weight excluding hydrogens is 374 g/mol. The molecule has 2 N–H and O–H groups in total. The average Bonchev–Trinajstić information content (AvgIpc) is 2.78. The van der Waals surface area contributed by atoms with E-state index in [1.807, 2.05) is 24.3 Å². The maximum Gasteiger partial charge on any atom is 0.227 e. The standard InChI is InChI=1S/C25H31N3O2/c29-24(13-12-22-16-21-6-2-3-7-23(21)27-25(22)30)26-17-19-8-10-20(11-9-19)18-28-14-4-1-5-15-28/h2-3,6-11,22H,1,4-5,12-18H2,(H,26,29)(H,27,30). The fourth-order valence-electron chi connectivity index (χ4n) is 4.38. The Hall–Kier alpha value is -2.66. The number of para-hydroxylation sites is 1. The summed E-state index contributed by atoms with van der Waals surface area (Å²) in [5.41, 5.74) is 4.48. The summed E-state index contributed by atoms with van der Waals surface area (Å²) in [5.74, 6) is -0.121. The van der Waals surface area contributed by atoms with Crippen molar-refractivity contribution in [3.63, 3.8) is 0 Å². The van der Waals surface area contributed by atoms with E-state index in [9.17, 15) is 9.59 Å². The maximum atomic E-state index is 12.3. The van der Waals surface area contributed by atoms with Crippen molar-refractivity contribution in [1.82, 2.24) is 10.2 Å². The number of fused-ring (bicyclic) bond motifs is 1. The summed E-state index contributed by atoms with van der Waals surface area (Å²) in [6, 6.07) is 16.4. The molecule has 4 rings (SSSR count). The predicted octanol–water partition coefficient (Wildman–Crippen LogP) is 3.88. The molecule has 2 heterocycles. The second-order valence-electron chi connectivity index (χ2n) is 8.52. The van der Waals surface area contributed by atoms with Gasteiger partial charge in [0.1, 0.15) is 0 Å². The van der Waals surface area contributed by atoms with Gasteiger partial charge in [0, 0.05) is 31.1 Å². The van der Waals surface area contributed by atoms with Crippen LogP contribution in [0.5, 0.6) is 0 Å². The molecule has 2 aliphatic heterocycles. The lowest BCUT2D eigenvalue weighted by Gasteiger charge is -2.26. The number of likely N-dealkylation sites (tertiary alicyclic amines) is 1. The van der Waals surface area contributed by atoms with Gasteiger partial charge in [-0.2, -0.15) is 0 Å². The van der Waals surface area contributed by atoms with Gasteiger partial charge in [-0.15, -0.1) is 0 Å². The Morgan fingerprint density at radius 1 is 1.00 bits per heavy atom. The zero-order valence-electron chi connectivity index (χ0n) is 17.5. The molecular formula is C25H31N3O2. The first-order valence-corrected chi connectivity index (χ1v) is 11.1. The number of hydrogen-bond donors (Lipinski definition) is 2. The van der Waals surface area contributed by atoms with Crippen LogP contribution in [0.3, 0.4) is 0 Å². The Kier molecular flexibility index (Phi) is 6.80. The van der Waals surface area contributed by atoms with Gasteiger partial charge in [-0.3, -0.25) is 14.5 Å². The van der Waals surface area contributed by atoms with Gasteiger partial charge in [-0.05, 0) is 61.5 Å². The molecule has 0 aliphatic carbocycles. The van der Waals surface area contributed by atoms with E-state index in [-0.39, 0.29) is 17.7 Å². The highest BCUT2D eigenvalue weighted by Crippen LogP contribution is 2.27. The number of piperidine rings is 1. The molecule has 0 bridgehead atoms. The Balaban J connectivity index is 1.20. The van der Waals surface area contributed by atoms with Gasteiger partial charge < -0.3 is 10.6 Å². The number of amides is 2. The van der Waals surface area contributed by atoms with Gasteiger partial charge in [0.25, 0.3) is 0 Å². The summed E-state index contributed by atoms with van der Waals surface area (Å²) in [5, 5.41) is 5.94. The van der Waals surface area contributed by atoms with Crippen LogP contribution in [0.25, 0.3) is 0 Å². The molecule has 2 amide bonds. The van der Waals surface area contributed by atoms with Crippen molar-refractivity contribution in [2.45, 2.75) is 51.6 Å². The quantitative estimate of drug-likeness (QED) is 0.735. The molecule has 5 nitrogen and oxygen atoms in total. The van der Waals surface area contributed by atoms with E-state index in [0.717, 1.165) is 23.4 Å². The fourth-order valence-corrected chi connectivity index (χ4v) is 4.38. The number of carbonyl (C=O) groups excluding carboxylic acids is 2. The summed E-state index contributed by atoms with van der Waals surface area (Å²) >= 11 is 0. The molecule has 2 aliphatic rings. The summed E-state index contributed by atoms with van der Waals surface area (Å²) in [7, 11) is 0. The smallest absolute Gasteiger partial charge is 0.227 e. The lowest BCUT2D eigenvalue weighted by atomic mass is 9.89. The molecule has 0 saturated carbocycles. The zero-order chi connectivity index (χ0) is 20.8. The van der Waals surface area contributed by atoms with Crippen LogP contribution >= 0.6 is 0 Å².